The van der Waals surface area contributed by atoms with E-state index in [0.717, 1.165) is 89.0 Å². The number of halogens is 1. The van der Waals surface area contributed by atoms with Crippen molar-refractivity contribution in [1.82, 2.24) is 14.5 Å². The first-order chi connectivity index (χ1) is 22.9. The van der Waals surface area contributed by atoms with Crippen molar-refractivity contribution in [3.05, 3.63) is 58.1 Å². The Hall–Kier alpha value is -2.37. The van der Waals surface area contributed by atoms with Gasteiger partial charge >= 0.3 is 0 Å². The van der Waals surface area contributed by atoms with E-state index in [1.54, 1.807) is 25.1 Å². The molecule has 1 saturated carbocycles. The fourth-order valence-electron chi connectivity index (χ4n) is 8.18. The Bertz CT molecular complexity index is 1560. The summed E-state index contributed by atoms with van der Waals surface area (Å²) >= 11 is 6.37. The zero-order valence-electron chi connectivity index (χ0n) is 28.8. The molecule has 5 atom stereocenters. The number of carbonyl (C=O) groups is 1. The minimum atomic E-state index is -3.93. The number of carbonyl (C=O) groups excluding carboxylic acids is 1. The number of likely N-dealkylation sites (N-methyl/N-ethyl adjacent to an activating group) is 1. The number of piperazine rings is 1. The second kappa shape index (κ2) is 14.9. The van der Waals surface area contributed by atoms with Gasteiger partial charge in [0.25, 0.3) is 5.91 Å². The lowest BCUT2D eigenvalue weighted by Crippen LogP contribution is -2.58. The van der Waals surface area contributed by atoms with Crippen LogP contribution >= 0.6 is 11.6 Å². The molecule has 1 aliphatic carbocycles. The van der Waals surface area contributed by atoms with Crippen molar-refractivity contribution in [3.63, 3.8) is 0 Å². The van der Waals surface area contributed by atoms with Crippen molar-refractivity contribution >= 4 is 33.2 Å². The van der Waals surface area contributed by atoms with Crippen LogP contribution in [0, 0.1) is 17.8 Å². The van der Waals surface area contributed by atoms with Crippen LogP contribution in [0.1, 0.15) is 80.3 Å². The van der Waals surface area contributed by atoms with E-state index >= 15 is 0 Å². The molecule has 2 N–H and O–H groups in total. The van der Waals surface area contributed by atoms with E-state index in [9.17, 15) is 18.3 Å². The predicted molar refractivity (Wildman–Crippen MR) is 191 cm³/mol. The van der Waals surface area contributed by atoms with E-state index < -0.39 is 26.8 Å². The van der Waals surface area contributed by atoms with Crippen LogP contribution in [0.25, 0.3) is 0 Å². The summed E-state index contributed by atoms with van der Waals surface area (Å²) in [6.45, 7) is 9.97. The molecule has 1 saturated heterocycles. The number of nitrogens with one attached hydrogen (secondary N) is 1. The van der Waals surface area contributed by atoms with E-state index in [2.05, 4.69) is 26.5 Å². The van der Waals surface area contributed by atoms with Gasteiger partial charge in [-0.2, -0.15) is 0 Å². The smallest absolute Gasteiger partial charge is 0.264 e. The van der Waals surface area contributed by atoms with Crippen molar-refractivity contribution < 1.29 is 23.1 Å². The van der Waals surface area contributed by atoms with E-state index in [4.69, 9.17) is 16.3 Å². The summed E-state index contributed by atoms with van der Waals surface area (Å²) < 4.78 is 35.8. The summed E-state index contributed by atoms with van der Waals surface area (Å²) in [6.07, 6.45) is 6.83. The van der Waals surface area contributed by atoms with Crippen molar-refractivity contribution in [3.8, 4) is 5.75 Å². The number of aliphatic hydroxyl groups is 1. The highest BCUT2D eigenvalue weighted by atomic mass is 35.5. The van der Waals surface area contributed by atoms with Gasteiger partial charge < -0.3 is 19.6 Å². The summed E-state index contributed by atoms with van der Waals surface area (Å²) in [5, 5.41) is 12.6. The van der Waals surface area contributed by atoms with E-state index in [-0.39, 0.29) is 17.4 Å². The lowest BCUT2D eigenvalue weighted by molar-refractivity contribution is -0.109. The lowest BCUT2D eigenvalue weighted by atomic mass is 9.62. The predicted octanol–water partition coefficient (Wildman–Crippen LogP) is 5.33. The number of nitrogens with zero attached hydrogens (tertiary/aromatic N) is 3. The van der Waals surface area contributed by atoms with Gasteiger partial charge in [-0.1, -0.05) is 31.0 Å². The number of amides is 1. The first kappa shape index (κ1) is 35.5. The number of hydrogen-bond donors (Lipinski definition) is 2. The van der Waals surface area contributed by atoms with Gasteiger partial charge in [-0.3, -0.25) is 9.69 Å². The third-order valence-corrected chi connectivity index (χ3v) is 13.8. The van der Waals surface area contributed by atoms with Gasteiger partial charge in [0.2, 0.25) is 10.0 Å². The number of anilines is 1. The number of hydrogen-bond acceptors (Lipinski definition) is 8. The van der Waals surface area contributed by atoms with Crippen LogP contribution in [0.4, 0.5) is 5.69 Å². The van der Waals surface area contributed by atoms with Crippen LogP contribution in [0.2, 0.25) is 5.02 Å². The molecule has 6 rings (SSSR count). The number of fused-ring (bicyclic) bond motifs is 3. The molecular weight excluding hydrogens is 648 g/mol. The highest BCUT2D eigenvalue weighted by Gasteiger charge is 2.48. The third-order valence-electron chi connectivity index (χ3n) is 11.7. The van der Waals surface area contributed by atoms with Crippen LogP contribution in [0.3, 0.4) is 0 Å². The zero-order valence-corrected chi connectivity index (χ0v) is 30.4. The minimum absolute atomic E-state index is 0.141. The molecule has 264 valence electrons. The molecule has 3 aliphatic heterocycles. The third kappa shape index (κ3) is 7.99. The van der Waals surface area contributed by atoms with Crippen LogP contribution < -0.4 is 14.4 Å². The van der Waals surface area contributed by atoms with Crippen LogP contribution in [0.5, 0.6) is 5.75 Å². The number of ether oxygens (including phenoxy) is 1. The minimum Gasteiger partial charge on any atom is -0.487 e. The normalized spacial score (nSPS) is 30.9. The Morgan fingerprint density at radius 2 is 1.77 bits per heavy atom. The molecule has 2 aromatic carbocycles. The number of benzene rings is 2. The zero-order chi connectivity index (χ0) is 34.1. The van der Waals surface area contributed by atoms with Gasteiger partial charge in [0.15, 0.2) is 0 Å². The molecule has 2 aromatic rings. The summed E-state index contributed by atoms with van der Waals surface area (Å²) in [4.78, 5) is 20.6. The fraction of sp³-hybridized carbons (Fsp3) is 0.649. The number of β-amino-alcohol motifs (C(OH)–C–C–N with tert-alkyl or cyclic N) is 1. The second-order valence-corrected chi connectivity index (χ2v) is 17.4. The molecule has 1 amide bonds. The average Bonchev–Trinajstić information content (AvgIpc) is 3.06. The summed E-state index contributed by atoms with van der Waals surface area (Å²) in [6, 6.07) is 11.2. The molecule has 0 unspecified atom stereocenters. The Morgan fingerprint density at radius 3 is 2.52 bits per heavy atom. The highest BCUT2D eigenvalue weighted by Crippen LogP contribution is 2.46. The van der Waals surface area contributed by atoms with Crippen molar-refractivity contribution in [2.24, 2.45) is 17.8 Å². The van der Waals surface area contributed by atoms with E-state index in [1.165, 1.54) is 5.56 Å². The highest BCUT2D eigenvalue weighted by molar-refractivity contribution is 7.90. The molecule has 9 nitrogen and oxygen atoms in total. The van der Waals surface area contributed by atoms with Gasteiger partial charge in [0.05, 0.1) is 16.5 Å². The summed E-state index contributed by atoms with van der Waals surface area (Å²) in [7, 11) is -1.78. The molecule has 3 heterocycles. The molecule has 2 bridgehead atoms. The molecule has 0 radical (unpaired) electrons. The van der Waals surface area contributed by atoms with Gasteiger partial charge in [-0.25, -0.2) is 13.1 Å². The SMILES string of the molecule is C[C@@H]1[C@@H](C)CCC[C@@](O)(CN2CCN(C)CC2)[C@@H]2CC[C@H]2CN2CCCCc3cc(Cl)ccc3COc3ccc(cc32)C(=O)NS1(=O)=O. The maximum absolute atomic E-state index is 13.5. The van der Waals surface area contributed by atoms with E-state index in [0.29, 0.717) is 42.7 Å². The van der Waals surface area contributed by atoms with Gasteiger partial charge in [-0.15, -0.1) is 0 Å². The Kier molecular flexibility index (Phi) is 11.0. The average molecular weight is 701 g/mol. The lowest BCUT2D eigenvalue weighted by Gasteiger charge is -2.51. The monoisotopic (exact) mass is 700 g/mol. The standard InChI is InChI=1S/C37H53ClN4O5S/c1-26-7-6-15-37(44,25-41-19-17-40(3)18-20-41)33-13-10-30(33)23-42-16-5-4-8-28-21-32(38)12-9-31(28)24-47-35-14-11-29(22-34(35)42)36(43)39-48(45,46)27(26)2/h9,11-12,14,21-22,26-27,30,33,44H,4-8,10,13,15-20,23-25H2,1-3H3,(H,39,43)/t26-,27+,30-,33+,37+/m0/s1. The number of rotatable bonds is 2. The van der Waals surface area contributed by atoms with Crippen molar-refractivity contribution in [1.29, 1.82) is 0 Å². The fourth-order valence-corrected chi connectivity index (χ4v) is 9.69. The molecule has 4 aliphatic rings. The molecule has 48 heavy (non-hydrogen) atoms. The Morgan fingerprint density at radius 1 is 0.979 bits per heavy atom. The maximum Gasteiger partial charge on any atom is 0.264 e. The Labute approximate surface area is 292 Å². The van der Waals surface area contributed by atoms with Crippen molar-refractivity contribution in [2.45, 2.75) is 82.7 Å². The van der Waals surface area contributed by atoms with Gasteiger partial charge in [0, 0.05) is 56.4 Å². The Balaban J connectivity index is 1.36. The molecule has 0 spiro atoms. The van der Waals surface area contributed by atoms with Crippen molar-refractivity contribution in [2.75, 3.05) is 57.8 Å². The molecule has 11 heteroatoms. The first-order valence-corrected chi connectivity index (χ1v) is 19.8. The maximum atomic E-state index is 13.5. The van der Waals surface area contributed by atoms with Crippen LogP contribution in [-0.2, 0) is 23.1 Å². The largest absolute Gasteiger partial charge is 0.487 e. The molecule has 0 aromatic heterocycles. The first-order valence-electron chi connectivity index (χ1n) is 17.9. The topological polar surface area (TPSA) is 102 Å². The van der Waals surface area contributed by atoms with Crippen LogP contribution in [-0.4, -0.2) is 92.9 Å². The van der Waals surface area contributed by atoms with Crippen LogP contribution in [0.15, 0.2) is 36.4 Å². The quantitative estimate of drug-likeness (QED) is 0.434. The summed E-state index contributed by atoms with van der Waals surface area (Å²) in [5.74, 6) is 0.285. The van der Waals surface area contributed by atoms with E-state index in [1.807, 2.05) is 25.1 Å². The van der Waals surface area contributed by atoms with Gasteiger partial charge in [0.1, 0.15) is 12.4 Å². The summed E-state index contributed by atoms with van der Waals surface area (Å²) in [5.41, 5.74) is 2.48. The van der Waals surface area contributed by atoms with Gasteiger partial charge in [-0.05, 0) is 118 Å². The molecular formula is C37H53ClN4O5S. The number of sulfonamides is 1. The number of aryl methyl sites for hydroxylation is 1. The molecule has 2 fully saturated rings. The second-order valence-electron chi connectivity index (χ2n) is 15.0.